The Morgan fingerprint density at radius 3 is 2.17 bits per heavy atom. The van der Waals surface area contributed by atoms with Gasteiger partial charge in [0.2, 0.25) is 11.4 Å². The fourth-order valence-electron chi connectivity index (χ4n) is 2.19. The molecule has 0 N–H and O–H groups in total. The van der Waals surface area contributed by atoms with Crippen LogP contribution in [0.15, 0.2) is 68.3 Å². The van der Waals surface area contributed by atoms with E-state index in [0.717, 1.165) is 9.80 Å². The molecule has 0 bridgehead atoms. The van der Waals surface area contributed by atoms with Gasteiger partial charge in [0.05, 0.1) is 10.3 Å². The summed E-state index contributed by atoms with van der Waals surface area (Å²) in [6, 6.07) is 10.0. The zero-order chi connectivity index (χ0) is 17.5. The number of methoxy groups -OCH3 is 2. The van der Waals surface area contributed by atoms with Gasteiger partial charge in [0.1, 0.15) is 0 Å². The Labute approximate surface area is 159 Å². The Morgan fingerprint density at radius 2 is 1.62 bits per heavy atom. The van der Waals surface area contributed by atoms with Crippen LogP contribution in [0.4, 0.5) is 0 Å². The van der Waals surface area contributed by atoms with E-state index in [2.05, 4.69) is 20.3 Å². The first-order chi connectivity index (χ1) is 11.6. The number of thiocarbonyl (C=S) groups is 2. The molecule has 124 valence electrons. The van der Waals surface area contributed by atoms with E-state index in [9.17, 15) is 0 Å². The lowest BCUT2D eigenvalue weighted by atomic mass is 9.94. The van der Waals surface area contributed by atoms with Gasteiger partial charge in [-0.3, -0.25) is 0 Å². The van der Waals surface area contributed by atoms with E-state index in [1.165, 1.54) is 14.2 Å². The number of benzene rings is 1. The lowest BCUT2D eigenvalue weighted by Crippen LogP contribution is -2.53. The van der Waals surface area contributed by atoms with Crippen molar-refractivity contribution in [1.82, 2.24) is 0 Å². The quantitative estimate of drug-likeness (QED) is 0.287. The first-order valence-corrected chi connectivity index (χ1v) is 9.72. The van der Waals surface area contributed by atoms with Crippen LogP contribution in [0.2, 0.25) is 0 Å². The molecule has 1 aromatic rings. The molecule has 0 unspecified atom stereocenters. The lowest BCUT2D eigenvalue weighted by molar-refractivity contribution is -0.200. The van der Waals surface area contributed by atoms with Gasteiger partial charge >= 0.3 is 0 Å². The third-order valence-corrected chi connectivity index (χ3v) is 5.92. The van der Waals surface area contributed by atoms with E-state index < -0.39 is 11.4 Å². The van der Waals surface area contributed by atoms with Crippen molar-refractivity contribution >= 4 is 56.3 Å². The fourth-order valence-corrected chi connectivity index (χ4v) is 4.49. The Morgan fingerprint density at radius 1 is 1.00 bits per heavy atom. The predicted molar refractivity (Wildman–Crippen MR) is 107 cm³/mol. The molecule has 0 fully saturated rings. The van der Waals surface area contributed by atoms with Gasteiger partial charge in [0.15, 0.2) is 0 Å². The topological polar surface area (TPSA) is 43.2 Å². The van der Waals surface area contributed by atoms with Gasteiger partial charge in [-0.15, -0.1) is 0 Å². The first kappa shape index (κ1) is 19.2. The number of ether oxygens (including phenoxy) is 2. The van der Waals surface area contributed by atoms with E-state index >= 15 is 0 Å². The summed E-state index contributed by atoms with van der Waals surface area (Å²) in [5, 5.41) is 4.71. The molecule has 0 aliphatic heterocycles. The van der Waals surface area contributed by atoms with Crippen molar-refractivity contribution in [3.8, 4) is 0 Å². The minimum atomic E-state index is -1.30. The van der Waals surface area contributed by atoms with E-state index in [-0.39, 0.29) is 0 Å². The third kappa shape index (κ3) is 3.94. The second kappa shape index (κ2) is 8.85. The van der Waals surface area contributed by atoms with Crippen LogP contribution in [0, 0.1) is 0 Å². The maximum absolute atomic E-state index is 5.53. The fraction of sp³-hybridized carbons (Fsp3) is 0.250. The number of hydrogen-bond donors (Lipinski definition) is 0. The minimum absolute atomic E-state index is 0.913. The van der Waals surface area contributed by atoms with Crippen molar-refractivity contribution in [2.75, 3.05) is 14.2 Å². The van der Waals surface area contributed by atoms with E-state index in [1.54, 1.807) is 33.7 Å². The van der Waals surface area contributed by atoms with E-state index in [1.807, 2.05) is 36.4 Å². The van der Waals surface area contributed by atoms with Crippen LogP contribution in [0.3, 0.4) is 0 Å². The summed E-state index contributed by atoms with van der Waals surface area (Å²) in [4.78, 5) is 10.4. The molecule has 0 radical (unpaired) electrons. The predicted octanol–water partition coefficient (Wildman–Crippen LogP) is 4.77. The summed E-state index contributed by atoms with van der Waals surface area (Å²) in [6.45, 7) is 0. The largest absolute Gasteiger partial charge is 0.346 e. The zero-order valence-electron chi connectivity index (χ0n) is 13.0. The van der Waals surface area contributed by atoms with Crippen molar-refractivity contribution in [2.24, 2.45) is 9.98 Å². The summed E-state index contributed by atoms with van der Waals surface area (Å²) in [6.07, 6.45) is 5.43. The molecule has 1 aromatic carbocycles. The molecule has 0 amide bonds. The minimum Gasteiger partial charge on any atom is -0.346 e. The van der Waals surface area contributed by atoms with Crippen LogP contribution in [0.25, 0.3) is 0 Å². The van der Waals surface area contributed by atoms with Crippen molar-refractivity contribution in [1.29, 1.82) is 0 Å². The van der Waals surface area contributed by atoms with Crippen molar-refractivity contribution in [3.05, 3.63) is 53.5 Å². The maximum Gasteiger partial charge on any atom is 0.246 e. The number of hydrogen-bond acceptors (Lipinski definition) is 8. The molecule has 24 heavy (non-hydrogen) atoms. The summed E-state index contributed by atoms with van der Waals surface area (Å²) in [5.41, 5.74) is -1.30. The highest BCUT2D eigenvalue weighted by Crippen LogP contribution is 2.45. The Balaban J connectivity index is 2.37. The van der Waals surface area contributed by atoms with Crippen molar-refractivity contribution in [3.63, 3.8) is 0 Å². The molecular weight excluding hydrogens is 380 g/mol. The van der Waals surface area contributed by atoms with Gasteiger partial charge in [-0.1, -0.05) is 39.8 Å². The number of nitrogens with zero attached hydrogens (tertiary/aromatic N) is 2. The average molecular weight is 395 g/mol. The molecule has 4 nitrogen and oxygen atoms in total. The molecule has 0 atom stereocenters. The summed E-state index contributed by atoms with van der Waals surface area (Å²) in [5.74, 6) is -1.26. The van der Waals surface area contributed by atoms with Gasteiger partial charge in [0, 0.05) is 24.0 Å². The molecule has 2 rings (SSSR count). The lowest BCUT2D eigenvalue weighted by Gasteiger charge is -2.40. The molecule has 8 heteroatoms. The summed E-state index contributed by atoms with van der Waals surface area (Å²) in [7, 11) is 6.19. The average Bonchev–Trinajstić information content (AvgIpc) is 2.62. The number of rotatable bonds is 7. The zero-order valence-corrected chi connectivity index (χ0v) is 16.2. The second-order valence-electron chi connectivity index (χ2n) is 4.57. The van der Waals surface area contributed by atoms with Gasteiger partial charge in [-0.05, 0) is 54.8 Å². The third-order valence-electron chi connectivity index (χ3n) is 3.34. The van der Waals surface area contributed by atoms with Crippen LogP contribution < -0.4 is 0 Å². The van der Waals surface area contributed by atoms with Crippen LogP contribution in [-0.2, 0) is 9.47 Å². The molecule has 1 aliphatic rings. The van der Waals surface area contributed by atoms with Crippen LogP contribution >= 0.6 is 46.0 Å². The Bertz CT molecular complexity index is 714. The monoisotopic (exact) mass is 394 g/mol. The maximum atomic E-state index is 5.53. The smallest absolute Gasteiger partial charge is 0.246 e. The number of isothiocyanates is 2. The van der Waals surface area contributed by atoms with Gasteiger partial charge in [-0.2, -0.15) is 9.98 Å². The molecule has 1 aliphatic carbocycles. The van der Waals surface area contributed by atoms with Gasteiger partial charge in [-0.25, -0.2) is 0 Å². The highest BCUT2D eigenvalue weighted by atomic mass is 33.1. The van der Waals surface area contributed by atoms with Crippen LogP contribution in [-0.4, -0.2) is 36.0 Å². The normalized spacial score (nSPS) is 21.3. The Kier molecular flexibility index (Phi) is 7.10. The number of allylic oxidation sites excluding steroid dienone is 1. The SMILES string of the molecule is COC1(OC)C=CC(SSc2ccccc2)=CC1(N=C=S)N=C=S. The van der Waals surface area contributed by atoms with Crippen molar-refractivity contribution in [2.45, 2.75) is 16.3 Å². The molecule has 0 spiro atoms. The highest BCUT2D eigenvalue weighted by molar-refractivity contribution is 8.78. The van der Waals surface area contributed by atoms with Crippen LogP contribution in [0.1, 0.15) is 0 Å². The van der Waals surface area contributed by atoms with Crippen LogP contribution in [0.5, 0.6) is 0 Å². The highest BCUT2D eigenvalue weighted by Gasteiger charge is 2.53. The van der Waals surface area contributed by atoms with E-state index in [0.29, 0.717) is 0 Å². The summed E-state index contributed by atoms with van der Waals surface area (Å²) >= 11 is 9.56. The Hall–Kier alpha value is -1.08. The standard InChI is InChI=1S/C16H14N2O2S4/c1-19-16(20-2)9-8-14(10-15(16,17-11-21)18-12-22)24-23-13-6-4-3-5-7-13/h3-10H,1-2H3. The molecular formula is C16H14N2O2S4. The first-order valence-electron chi connectivity index (χ1n) is 6.75. The van der Waals surface area contributed by atoms with Crippen molar-refractivity contribution < 1.29 is 9.47 Å². The van der Waals surface area contributed by atoms with Gasteiger partial charge < -0.3 is 9.47 Å². The molecule has 0 heterocycles. The van der Waals surface area contributed by atoms with E-state index in [4.69, 9.17) is 33.9 Å². The molecule has 0 saturated heterocycles. The second-order valence-corrected chi connectivity index (χ2v) is 7.21. The van der Waals surface area contributed by atoms with Gasteiger partial charge in [0.25, 0.3) is 0 Å². The molecule has 0 aromatic heterocycles. The molecule has 0 saturated carbocycles. The summed E-state index contributed by atoms with van der Waals surface area (Å²) < 4.78 is 11.1. The number of aliphatic imine (C=N–C) groups is 2.